The summed E-state index contributed by atoms with van der Waals surface area (Å²) in [5.41, 5.74) is 0. The number of nitrogens with zero attached hydrogens (tertiary/aromatic N) is 1. The molecule has 0 radical (unpaired) electrons. The average Bonchev–Trinajstić information content (AvgIpc) is 2.97. The van der Waals surface area contributed by atoms with E-state index in [0.29, 0.717) is 12.5 Å². The van der Waals surface area contributed by atoms with Gasteiger partial charge in [-0.15, -0.1) is 0 Å². The Hall–Kier alpha value is -0.610. The third-order valence-corrected chi connectivity index (χ3v) is 2.47. The molecule has 0 aromatic carbocycles. The summed E-state index contributed by atoms with van der Waals surface area (Å²) >= 11 is 0. The van der Waals surface area contributed by atoms with E-state index in [1.807, 2.05) is 14.1 Å². The van der Waals surface area contributed by atoms with E-state index >= 15 is 0 Å². The van der Waals surface area contributed by atoms with E-state index in [1.165, 1.54) is 12.8 Å². The quantitative estimate of drug-likeness (QED) is 0.597. The van der Waals surface area contributed by atoms with Gasteiger partial charge in [0.05, 0.1) is 0 Å². The van der Waals surface area contributed by atoms with Gasteiger partial charge < -0.3 is 15.5 Å². The standard InChI is InChI=1S/C10H21N3O/c1-11-7-8-13(2)10(14)5-6-12-9-3-4-9/h9,11-12H,3-8H2,1-2H3. The summed E-state index contributed by atoms with van der Waals surface area (Å²) in [7, 11) is 3.75. The summed E-state index contributed by atoms with van der Waals surface area (Å²) in [5.74, 6) is 0.230. The van der Waals surface area contributed by atoms with Crippen molar-refractivity contribution in [2.24, 2.45) is 0 Å². The number of carbonyl (C=O) groups is 1. The molecule has 4 heteroatoms. The topological polar surface area (TPSA) is 44.4 Å². The van der Waals surface area contributed by atoms with Crippen LogP contribution in [-0.2, 0) is 4.79 Å². The van der Waals surface area contributed by atoms with Gasteiger partial charge in [-0.05, 0) is 19.9 Å². The molecule has 0 bridgehead atoms. The van der Waals surface area contributed by atoms with Gasteiger partial charge >= 0.3 is 0 Å². The van der Waals surface area contributed by atoms with Crippen molar-refractivity contribution in [2.45, 2.75) is 25.3 Å². The highest BCUT2D eigenvalue weighted by Crippen LogP contribution is 2.18. The number of rotatable bonds is 7. The van der Waals surface area contributed by atoms with Crippen LogP contribution in [0.25, 0.3) is 0 Å². The molecular formula is C10H21N3O. The van der Waals surface area contributed by atoms with Crippen molar-refractivity contribution in [1.82, 2.24) is 15.5 Å². The van der Waals surface area contributed by atoms with E-state index in [-0.39, 0.29) is 5.91 Å². The molecule has 1 rings (SSSR count). The summed E-state index contributed by atoms with van der Waals surface area (Å²) in [4.78, 5) is 13.3. The molecule has 1 fully saturated rings. The molecule has 0 aromatic rings. The van der Waals surface area contributed by atoms with Crippen molar-refractivity contribution in [3.63, 3.8) is 0 Å². The Morgan fingerprint density at radius 3 is 2.71 bits per heavy atom. The first-order valence-corrected chi connectivity index (χ1v) is 5.36. The van der Waals surface area contributed by atoms with Gasteiger partial charge in [0.25, 0.3) is 0 Å². The van der Waals surface area contributed by atoms with Crippen LogP contribution in [0.15, 0.2) is 0 Å². The Morgan fingerprint density at radius 2 is 2.14 bits per heavy atom. The molecule has 0 unspecified atom stereocenters. The Balaban J connectivity index is 2.00. The fraction of sp³-hybridized carbons (Fsp3) is 0.900. The second-order valence-electron chi connectivity index (χ2n) is 3.90. The summed E-state index contributed by atoms with van der Waals surface area (Å²) in [6.45, 7) is 2.48. The molecule has 4 nitrogen and oxygen atoms in total. The molecule has 0 spiro atoms. The third kappa shape index (κ3) is 4.58. The minimum Gasteiger partial charge on any atom is -0.344 e. The van der Waals surface area contributed by atoms with Crippen LogP contribution in [0.3, 0.4) is 0 Å². The van der Waals surface area contributed by atoms with Crippen LogP contribution in [0.5, 0.6) is 0 Å². The predicted molar refractivity (Wildman–Crippen MR) is 57.2 cm³/mol. The number of likely N-dealkylation sites (N-methyl/N-ethyl adjacent to an activating group) is 2. The smallest absolute Gasteiger partial charge is 0.223 e. The maximum absolute atomic E-state index is 11.5. The van der Waals surface area contributed by atoms with Crippen molar-refractivity contribution < 1.29 is 4.79 Å². The van der Waals surface area contributed by atoms with Crippen LogP contribution >= 0.6 is 0 Å². The van der Waals surface area contributed by atoms with Gasteiger partial charge in [0, 0.05) is 39.1 Å². The van der Waals surface area contributed by atoms with E-state index in [4.69, 9.17) is 0 Å². The molecule has 0 saturated heterocycles. The molecule has 1 amide bonds. The van der Waals surface area contributed by atoms with Crippen LogP contribution < -0.4 is 10.6 Å². The Bertz CT molecular complexity index is 180. The highest BCUT2D eigenvalue weighted by molar-refractivity contribution is 5.76. The number of amides is 1. The van der Waals surface area contributed by atoms with Crippen molar-refractivity contribution in [3.8, 4) is 0 Å². The van der Waals surface area contributed by atoms with Crippen LogP contribution in [0, 0.1) is 0 Å². The first-order chi connectivity index (χ1) is 6.74. The molecule has 0 atom stereocenters. The van der Waals surface area contributed by atoms with Crippen molar-refractivity contribution >= 4 is 5.91 Å². The van der Waals surface area contributed by atoms with Gasteiger partial charge in [-0.3, -0.25) is 4.79 Å². The lowest BCUT2D eigenvalue weighted by Gasteiger charge is -2.16. The van der Waals surface area contributed by atoms with Crippen molar-refractivity contribution in [1.29, 1.82) is 0 Å². The minimum atomic E-state index is 0.230. The fourth-order valence-corrected chi connectivity index (χ4v) is 1.27. The lowest BCUT2D eigenvalue weighted by Crippen LogP contribution is -2.34. The maximum Gasteiger partial charge on any atom is 0.223 e. The molecule has 82 valence electrons. The van der Waals surface area contributed by atoms with Gasteiger partial charge in [0.15, 0.2) is 0 Å². The molecular weight excluding hydrogens is 178 g/mol. The molecule has 2 N–H and O–H groups in total. The van der Waals surface area contributed by atoms with Crippen molar-refractivity contribution in [2.75, 3.05) is 33.7 Å². The van der Waals surface area contributed by atoms with Crippen LogP contribution in [0.4, 0.5) is 0 Å². The second kappa shape index (κ2) is 5.98. The molecule has 0 heterocycles. The monoisotopic (exact) mass is 199 g/mol. The summed E-state index contributed by atoms with van der Waals surface area (Å²) in [6, 6.07) is 0.699. The van der Waals surface area contributed by atoms with E-state index in [9.17, 15) is 4.79 Å². The van der Waals surface area contributed by atoms with E-state index < -0.39 is 0 Å². The SMILES string of the molecule is CNCCN(C)C(=O)CCNC1CC1. The normalized spacial score (nSPS) is 15.6. The molecule has 0 aliphatic heterocycles. The van der Waals surface area contributed by atoms with E-state index in [0.717, 1.165) is 19.6 Å². The molecule has 1 aliphatic rings. The first-order valence-electron chi connectivity index (χ1n) is 5.36. The molecule has 14 heavy (non-hydrogen) atoms. The number of hydrogen-bond acceptors (Lipinski definition) is 3. The number of carbonyl (C=O) groups excluding carboxylic acids is 1. The van der Waals surface area contributed by atoms with Gasteiger partial charge in [-0.25, -0.2) is 0 Å². The maximum atomic E-state index is 11.5. The highest BCUT2D eigenvalue weighted by Gasteiger charge is 2.20. The summed E-state index contributed by atoms with van der Waals surface area (Å²) in [6.07, 6.45) is 3.18. The van der Waals surface area contributed by atoms with E-state index in [2.05, 4.69) is 10.6 Å². The minimum absolute atomic E-state index is 0.230. The molecule has 1 saturated carbocycles. The zero-order valence-electron chi connectivity index (χ0n) is 9.18. The number of nitrogens with one attached hydrogen (secondary N) is 2. The molecule has 1 aliphatic carbocycles. The highest BCUT2D eigenvalue weighted by atomic mass is 16.2. The van der Waals surface area contributed by atoms with Crippen molar-refractivity contribution in [3.05, 3.63) is 0 Å². The van der Waals surface area contributed by atoms with Crippen LogP contribution in [0.1, 0.15) is 19.3 Å². The van der Waals surface area contributed by atoms with Gasteiger partial charge in [-0.2, -0.15) is 0 Å². The molecule has 0 aromatic heterocycles. The van der Waals surface area contributed by atoms with Gasteiger partial charge in [0.2, 0.25) is 5.91 Å². The van der Waals surface area contributed by atoms with Gasteiger partial charge in [0.1, 0.15) is 0 Å². The zero-order chi connectivity index (χ0) is 10.4. The predicted octanol–water partition coefficient (Wildman–Crippen LogP) is -0.194. The Morgan fingerprint density at radius 1 is 1.43 bits per heavy atom. The summed E-state index contributed by atoms with van der Waals surface area (Å²) < 4.78 is 0. The van der Waals surface area contributed by atoms with Crippen LogP contribution in [-0.4, -0.2) is 50.6 Å². The largest absolute Gasteiger partial charge is 0.344 e. The zero-order valence-corrected chi connectivity index (χ0v) is 9.18. The average molecular weight is 199 g/mol. The lowest BCUT2D eigenvalue weighted by atomic mass is 10.3. The number of hydrogen-bond donors (Lipinski definition) is 2. The first kappa shape index (κ1) is 11.5. The van der Waals surface area contributed by atoms with E-state index in [1.54, 1.807) is 4.90 Å². The Kier molecular flexibility index (Phi) is 4.90. The van der Waals surface area contributed by atoms with Gasteiger partial charge in [-0.1, -0.05) is 0 Å². The second-order valence-corrected chi connectivity index (χ2v) is 3.90. The summed E-state index contributed by atoms with van der Waals surface area (Å²) in [5, 5.41) is 6.36. The Labute approximate surface area is 86.0 Å². The third-order valence-electron chi connectivity index (χ3n) is 2.47. The fourth-order valence-electron chi connectivity index (χ4n) is 1.27. The van der Waals surface area contributed by atoms with Crippen LogP contribution in [0.2, 0.25) is 0 Å². The lowest BCUT2D eigenvalue weighted by molar-refractivity contribution is -0.129.